The topological polar surface area (TPSA) is 32.3 Å². The van der Waals surface area contributed by atoms with Crippen molar-refractivity contribution in [3.63, 3.8) is 0 Å². The number of hydrogen-bond donors (Lipinski definition) is 1. The second-order valence-corrected chi connectivity index (χ2v) is 3.82. The fraction of sp³-hybridized carbons (Fsp3) is 0.417. The van der Waals surface area contributed by atoms with Gasteiger partial charge in [-0.2, -0.15) is 0 Å². The maximum Gasteiger partial charge on any atom is 0.178 e. The molecule has 0 radical (unpaired) electrons. The second kappa shape index (κ2) is 4.94. The molecule has 0 atom stereocenters. The first-order valence-electron chi connectivity index (χ1n) is 5.02. The van der Waals surface area contributed by atoms with Crippen molar-refractivity contribution in [3.8, 4) is 0 Å². The third kappa shape index (κ3) is 2.57. The standard InChI is InChI=1S/C12H18N2O/c1-9-6-5-7-10(14(3)4)12(9)11(15)8-13-2/h5-7,13H,8H2,1-4H3. The van der Waals surface area contributed by atoms with Crippen molar-refractivity contribution in [1.29, 1.82) is 0 Å². The van der Waals surface area contributed by atoms with Crippen molar-refractivity contribution >= 4 is 11.5 Å². The number of nitrogens with zero attached hydrogens (tertiary/aromatic N) is 1. The number of carbonyl (C=O) groups is 1. The van der Waals surface area contributed by atoms with Gasteiger partial charge in [-0.1, -0.05) is 12.1 Å². The Balaban J connectivity index is 3.18. The second-order valence-electron chi connectivity index (χ2n) is 3.82. The number of benzene rings is 1. The molecule has 82 valence electrons. The number of hydrogen-bond acceptors (Lipinski definition) is 3. The lowest BCUT2D eigenvalue weighted by Gasteiger charge is -2.18. The molecule has 0 aliphatic carbocycles. The summed E-state index contributed by atoms with van der Waals surface area (Å²) < 4.78 is 0. The Hall–Kier alpha value is -1.35. The molecule has 0 saturated carbocycles. The highest BCUT2D eigenvalue weighted by Gasteiger charge is 2.14. The first-order valence-corrected chi connectivity index (χ1v) is 5.02. The molecular formula is C12H18N2O. The van der Waals surface area contributed by atoms with Gasteiger partial charge in [-0.05, 0) is 25.6 Å². The van der Waals surface area contributed by atoms with Crippen LogP contribution in [0, 0.1) is 6.92 Å². The Labute approximate surface area is 91.1 Å². The maximum absolute atomic E-state index is 11.9. The highest BCUT2D eigenvalue weighted by molar-refractivity contribution is 6.03. The average Bonchev–Trinajstić information content (AvgIpc) is 2.17. The minimum Gasteiger partial charge on any atom is -0.377 e. The molecule has 0 aliphatic rings. The highest BCUT2D eigenvalue weighted by Crippen LogP contribution is 2.22. The van der Waals surface area contributed by atoms with Crippen LogP contribution in [0.5, 0.6) is 0 Å². The van der Waals surface area contributed by atoms with Gasteiger partial charge in [0.05, 0.1) is 6.54 Å². The molecule has 1 rings (SSSR count). The molecule has 1 aromatic rings. The molecule has 15 heavy (non-hydrogen) atoms. The van der Waals surface area contributed by atoms with E-state index in [0.717, 1.165) is 16.8 Å². The number of rotatable bonds is 4. The predicted octanol–water partition coefficient (Wildman–Crippen LogP) is 1.46. The summed E-state index contributed by atoms with van der Waals surface area (Å²) in [5.41, 5.74) is 2.83. The van der Waals surface area contributed by atoms with Crippen molar-refractivity contribution in [2.75, 3.05) is 32.6 Å². The zero-order valence-electron chi connectivity index (χ0n) is 9.79. The quantitative estimate of drug-likeness (QED) is 0.757. The van der Waals surface area contributed by atoms with Crippen LogP contribution in [0.15, 0.2) is 18.2 Å². The van der Waals surface area contributed by atoms with Crippen molar-refractivity contribution in [2.45, 2.75) is 6.92 Å². The first-order chi connectivity index (χ1) is 7.07. The monoisotopic (exact) mass is 206 g/mol. The van der Waals surface area contributed by atoms with E-state index >= 15 is 0 Å². The number of Topliss-reactive ketones (excluding diaryl/α,β-unsaturated/α-hetero) is 1. The number of ketones is 1. The Morgan fingerprint density at radius 2 is 2.07 bits per heavy atom. The zero-order valence-corrected chi connectivity index (χ0v) is 9.79. The number of aryl methyl sites for hydroxylation is 1. The van der Waals surface area contributed by atoms with Gasteiger partial charge in [0.2, 0.25) is 0 Å². The minimum atomic E-state index is 0.138. The molecule has 1 N–H and O–H groups in total. The summed E-state index contributed by atoms with van der Waals surface area (Å²) in [5, 5.41) is 2.89. The summed E-state index contributed by atoms with van der Waals surface area (Å²) in [6, 6.07) is 5.91. The Bertz CT molecular complexity index is 359. The third-order valence-electron chi connectivity index (χ3n) is 2.35. The lowest BCUT2D eigenvalue weighted by atomic mass is 10.0. The Morgan fingerprint density at radius 1 is 1.40 bits per heavy atom. The van der Waals surface area contributed by atoms with E-state index in [1.807, 2.05) is 44.1 Å². The van der Waals surface area contributed by atoms with Crippen LogP contribution >= 0.6 is 0 Å². The largest absolute Gasteiger partial charge is 0.377 e. The molecule has 0 heterocycles. The van der Waals surface area contributed by atoms with Gasteiger partial charge >= 0.3 is 0 Å². The van der Waals surface area contributed by atoms with E-state index in [0.29, 0.717) is 6.54 Å². The van der Waals surface area contributed by atoms with Crippen LogP contribution in [0.4, 0.5) is 5.69 Å². The molecular weight excluding hydrogens is 188 g/mol. The smallest absolute Gasteiger partial charge is 0.178 e. The fourth-order valence-electron chi connectivity index (χ4n) is 1.64. The van der Waals surface area contributed by atoms with Crippen molar-refractivity contribution in [2.24, 2.45) is 0 Å². The molecule has 0 aromatic heterocycles. The fourth-order valence-corrected chi connectivity index (χ4v) is 1.64. The molecule has 1 aromatic carbocycles. The van der Waals surface area contributed by atoms with Crippen LogP contribution in [-0.2, 0) is 0 Å². The molecule has 0 aliphatic heterocycles. The molecule has 0 bridgehead atoms. The summed E-state index contributed by atoms with van der Waals surface area (Å²) in [6.07, 6.45) is 0. The zero-order chi connectivity index (χ0) is 11.4. The molecule has 0 unspecified atom stereocenters. The van der Waals surface area contributed by atoms with Gasteiger partial charge in [-0.25, -0.2) is 0 Å². The van der Waals surface area contributed by atoms with E-state index in [9.17, 15) is 4.79 Å². The van der Waals surface area contributed by atoms with Crippen molar-refractivity contribution in [1.82, 2.24) is 5.32 Å². The summed E-state index contributed by atoms with van der Waals surface area (Å²) in [7, 11) is 5.68. The Morgan fingerprint density at radius 3 is 2.60 bits per heavy atom. The van der Waals surface area contributed by atoms with Gasteiger partial charge < -0.3 is 10.2 Å². The van der Waals surface area contributed by atoms with Gasteiger partial charge in [-0.15, -0.1) is 0 Å². The first kappa shape index (κ1) is 11.7. The van der Waals surface area contributed by atoms with Crippen LogP contribution in [-0.4, -0.2) is 33.5 Å². The summed E-state index contributed by atoms with van der Waals surface area (Å²) in [4.78, 5) is 13.9. The SMILES string of the molecule is CNCC(=O)c1c(C)cccc1N(C)C. The molecule has 3 heteroatoms. The van der Waals surface area contributed by atoms with E-state index in [2.05, 4.69) is 5.32 Å². The molecule has 0 fully saturated rings. The highest BCUT2D eigenvalue weighted by atomic mass is 16.1. The van der Waals surface area contributed by atoms with Gasteiger partial charge in [0.25, 0.3) is 0 Å². The molecule has 0 amide bonds. The molecule has 0 spiro atoms. The van der Waals surface area contributed by atoms with Crippen LogP contribution in [0.1, 0.15) is 15.9 Å². The lowest BCUT2D eigenvalue weighted by Crippen LogP contribution is -2.22. The number of likely N-dealkylation sites (N-methyl/N-ethyl adjacent to an activating group) is 1. The number of anilines is 1. The summed E-state index contributed by atoms with van der Waals surface area (Å²) in [5.74, 6) is 0.138. The van der Waals surface area contributed by atoms with Crippen LogP contribution in [0.25, 0.3) is 0 Å². The average molecular weight is 206 g/mol. The lowest BCUT2D eigenvalue weighted by molar-refractivity contribution is 0.0993. The third-order valence-corrected chi connectivity index (χ3v) is 2.35. The normalized spacial score (nSPS) is 10.1. The van der Waals surface area contributed by atoms with Crippen LogP contribution < -0.4 is 10.2 Å². The minimum absolute atomic E-state index is 0.138. The van der Waals surface area contributed by atoms with Crippen LogP contribution in [0.2, 0.25) is 0 Å². The predicted molar refractivity (Wildman–Crippen MR) is 63.8 cm³/mol. The van der Waals surface area contributed by atoms with E-state index in [4.69, 9.17) is 0 Å². The van der Waals surface area contributed by atoms with Gasteiger partial charge in [-0.3, -0.25) is 4.79 Å². The van der Waals surface area contributed by atoms with E-state index < -0.39 is 0 Å². The van der Waals surface area contributed by atoms with Crippen LogP contribution in [0.3, 0.4) is 0 Å². The summed E-state index contributed by atoms with van der Waals surface area (Å²) >= 11 is 0. The van der Waals surface area contributed by atoms with E-state index in [-0.39, 0.29) is 5.78 Å². The number of nitrogens with one attached hydrogen (secondary N) is 1. The van der Waals surface area contributed by atoms with Crippen molar-refractivity contribution < 1.29 is 4.79 Å². The van der Waals surface area contributed by atoms with Gasteiger partial charge in [0.1, 0.15) is 0 Å². The van der Waals surface area contributed by atoms with E-state index in [1.165, 1.54) is 0 Å². The molecule has 3 nitrogen and oxygen atoms in total. The van der Waals surface area contributed by atoms with E-state index in [1.54, 1.807) is 7.05 Å². The number of carbonyl (C=O) groups excluding carboxylic acids is 1. The van der Waals surface area contributed by atoms with Gasteiger partial charge in [0.15, 0.2) is 5.78 Å². The summed E-state index contributed by atoms with van der Waals surface area (Å²) in [6.45, 7) is 2.35. The molecule has 0 saturated heterocycles. The Kier molecular flexibility index (Phi) is 3.86. The van der Waals surface area contributed by atoms with Gasteiger partial charge in [0, 0.05) is 25.3 Å². The maximum atomic E-state index is 11.9. The van der Waals surface area contributed by atoms with Crippen molar-refractivity contribution in [3.05, 3.63) is 29.3 Å².